The Morgan fingerprint density at radius 3 is 2.28 bits per heavy atom. The van der Waals surface area contributed by atoms with Gasteiger partial charge in [0, 0.05) is 31.2 Å². The Hall–Kier alpha value is -3.80. The monoisotopic (exact) mass is 430 g/mol. The van der Waals surface area contributed by atoms with Crippen LogP contribution in [0.25, 0.3) is 0 Å². The summed E-state index contributed by atoms with van der Waals surface area (Å²) in [4.78, 5) is 27.6. The molecule has 32 heavy (non-hydrogen) atoms. The van der Waals surface area contributed by atoms with Gasteiger partial charge in [0.1, 0.15) is 0 Å². The smallest absolute Gasteiger partial charge is 0.323 e. The lowest BCUT2D eigenvalue weighted by Crippen LogP contribution is -2.28. The quantitative estimate of drug-likeness (QED) is 0.483. The molecule has 0 aliphatic carbocycles. The molecule has 0 aromatic heterocycles. The Balaban J connectivity index is 1.78. The van der Waals surface area contributed by atoms with E-state index < -0.39 is 0 Å². The van der Waals surface area contributed by atoms with E-state index in [0.717, 1.165) is 28.1 Å². The van der Waals surface area contributed by atoms with Gasteiger partial charge in [0.2, 0.25) is 0 Å². The topological polar surface area (TPSA) is 73.5 Å². The number of anilines is 3. The van der Waals surface area contributed by atoms with Crippen LogP contribution in [0.1, 0.15) is 40.0 Å². The van der Waals surface area contributed by atoms with Crippen molar-refractivity contribution in [3.05, 3.63) is 89.0 Å². The average molecular weight is 431 g/mol. The Morgan fingerprint density at radius 2 is 1.59 bits per heavy atom. The summed E-state index contributed by atoms with van der Waals surface area (Å²) in [6.07, 6.45) is 0. The fourth-order valence-electron chi connectivity index (χ4n) is 3.46. The van der Waals surface area contributed by atoms with Crippen LogP contribution < -0.4 is 20.9 Å². The molecule has 3 amide bonds. The van der Waals surface area contributed by atoms with Crippen molar-refractivity contribution in [3.8, 4) is 0 Å². The number of amides is 3. The van der Waals surface area contributed by atoms with Gasteiger partial charge in [-0.05, 0) is 61.7 Å². The molecule has 0 fully saturated rings. The molecule has 0 bridgehead atoms. The van der Waals surface area contributed by atoms with Crippen LogP contribution in [-0.4, -0.2) is 26.0 Å². The minimum Gasteiger partial charge on any atom is -0.377 e. The lowest BCUT2D eigenvalue weighted by atomic mass is 10.1. The number of carbonyl (C=O) groups is 2. The third-order valence-electron chi connectivity index (χ3n) is 5.48. The predicted octanol–water partition coefficient (Wildman–Crippen LogP) is 5.50. The Bertz CT molecular complexity index is 1110. The highest BCUT2D eigenvalue weighted by Crippen LogP contribution is 2.25. The van der Waals surface area contributed by atoms with Gasteiger partial charge in [-0.2, -0.15) is 0 Å². The molecule has 0 heterocycles. The molecule has 0 radical (unpaired) electrons. The fourth-order valence-corrected chi connectivity index (χ4v) is 3.46. The van der Waals surface area contributed by atoms with E-state index in [-0.39, 0.29) is 18.0 Å². The van der Waals surface area contributed by atoms with Crippen molar-refractivity contribution >= 4 is 29.0 Å². The van der Waals surface area contributed by atoms with Gasteiger partial charge in [-0.3, -0.25) is 4.79 Å². The van der Waals surface area contributed by atoms with E-state index in [2.05, 4.69) is 16.0 Å². The first-order valence-electron chi connectivity index (χ1n) is 10.6. The normalized spacial score (nSPS) is 11.4. The van der Waals surface area contributed by atoms with Crippen molar-refractivity contribution in [1.29, 1.82) is 0 Å². The van der Waals surface area contributed by atoms with E-state index in [9.17, 15) is 9.59 Å². The zero-order chi connectivity index (χ0) is 23.3. The maximum atomic E-state index is 13.1. The molecule has 0 saturated carbocycles. The first-order valence-corrected chi connectivity index (χ1v) is 10.6. The number of hydrogen-bond donors (Lipinski definition) is 3. The Kier molecular flexibility index (Phi) is 7.15. The summed E-state index contributed by atoms with van der Waals surface area (Å²) in [5, 5.41) is 8.76. The highest BCUT2D eigenvalue weighted by Gasteiger charge is 2.17. The maximum absolute atomic E-state index is 13.1. The van der Waals surface area contributed by atoms with Gasteiger partial charge in [-0.15, -0.1) is 0 Å². The molecule has 0 aliphatic rings. The second kappa shape index (κ2) is 10.0. The summed E-state index contributed by atoms with van der Waals surface area (Å²) in [5.41, 5.74) is 5.68. The van der Waals surface area contributed by atoms with Crippen LogP contribution in [0.2, 0.25) is 0 Å². The minimum atomic E-state index is -0.361. The van der Waals surface area contributed by atoms with Crippen molar-refractivity contribution in [2.24, 2.45) is 0 Å². The van der Waals surface area contributed by atoms with Crippen molar-refractivity contribution in [2.45, 2.75) is 26.8 Å². The predicted molar refractivity (Wildman–Crippen MR) is 132 cm³/mol. The zero-order valence-electron chi connectivity index (χ0n) is 19.2. The summed E-state index contributed by atoms with van der Waals surface area (Å²) in [6.45, 7) is 5.91. The van der Waals surface area contributed by atoms with Gasteiger partial charge in [0.25, 0.3) is 5.91 Å². The standard InChI is InChI=1S/C26H30N4O2/c1-17-10-9-13-23(18(17)2)29-26(32)28-21-14-15-24(30(4)5)22(16-21)25(31)27-19(3)20-11-7-6-8-12-20/h6-16,19H,1-5H3,(H,27,31)(H2,28,29,32). The van der Waals surface area contributed by atoms with E-state index in [4.69, 9.17) is 0 Å². The molecule has 6 nitrogen and oxygen atoms in total. The molecule has 0 aliphatic heterocycles. The molecule has 3 rings (SSSR count). The SMILES string of the molecule is Cc1cccc(NC(=O)Nc2ccc(N(C)C)c(C(=O)NC(C)c3ccccc3)c2)c1C. The van der Waals surface area contributed by atoms with Gasteiger partial charge >= 0.3 is 6.03 Å². The lowest BCUT2D eigenvalue weighted by Gasteiger charge is -2.21. The average Bonchev–Trinajstić information content (AvgIpc) is 2.77. The highest BCUT2D eigenvalue weighted by molar-refractivity contribution is 6.04. The van der Waals surface area contributed by atoms with Crippen molar-refractivity contribution in [3.63, 3.8) is 0 Å². The van der Waals surface area contributed by atoms with E-state index in [1.807, 2.05) is 94.4 Å². The molecule has 1 atom stereocenters. The van der Waals surface area contributed by atoms with Gasteiger partial charge in [-0.25, -0.2) is 4.79 Å². The van der Waals surface area contributed by atoms with Crippen LogP contribution in [0.4, 0.5) is 21.9 Å². The molecule has 6 heteroatoms. The first-order chi connectivity index (χ1) is 15.3. The van der Waals surface area contributed by atoms with Crippen LogP contribution in [0.15, 0.2) is 66.7 Å². The van der Waals surface area contributed by atoms with Crippen LogP contribution >= 0.6 is 0 Å². The van der Waals surface area contributed by atoms with E-state index in [1.165, 1.54) is 0 Å². The molecular formula is C26H30N4O2. The number of urea groups is 1. The second-order valence-corrected chi connectivity index (χ2v) is 8.06. The van der Waals surface area contributed by atoms with Gasteiger partial charge in [-0.1, -0.05) is 42.5 Å². The molecular weight excluding hydrogens is 400 g/mol. The van der Waals surface area contributed by atoms with E-state index in [1.54, 1.807) is 12.1 Å². The summed E-state index contributed by atoms with van der Waals surface area (Å²) >= 11 is 0. The summed E-state index contributed by atoms with van der Waals surface area (Å²) < 4.78 is 0. The maximum Gasteiger partial charge on any atom is 0.323 e. The molecule has 166 valence electrons. The molecule has 0 spiro atoms. The highest BCUT2D eigenvalue weighted by atomic mass is 16.2. The van der Waals surface area contributed by atoms with Gasteiger partial charge < -0.3 is 20.9 Å². The van der Waals surface area contributed by atoms with Crippen molar-refractivity contribution < 1.29 is 9.59 Å². The number of rotatable bonds is 6. The molecule has 3 aromatic carbocycles. The molecule has 3 N–H and O–H groups in total. The fraction of sp³-hybridized carbons (Fsp3) is 0.231. The van der Waals surface area contributed by atoms with E-state index >= 15 is 0 Å². The van der Waals surface area contributed by atoms with Crippen LogP contribution in [0.3, 0.4) is 0 Å². The number of hydrogen-bond acceptors (Lipinski definition) is 3. The van der Waals surface area contributed by atoms with Crippen LogP contribution in [-0.2, 0) is 0 Å². The lowest BCUT2D eigenvalue weighted by molar-refractivity contribution is 0.0940. The van der Waals surface area contributed by atoms with Crippen molar-refractivity contribution in [2.75, 3.05) is 29.6 Å². The number of carbonyl (C=O) groups excluding carboxylic acids is 2. The molecule has 0 saturated heterocycles. The Morgan fingerprint density at radius 1 is 0.875 bits per heavy atom. The minimum absolute atomic E-state index is 0.150. The third kappa shape index (κ3) is 5.46. The number of aryl methyl sites for hydroxylation is 1. The molecule has 1 unspecified atom stereocenters. The van der Waals surface area contributed by atoms with E-state index in [0.29, 0.717) is 11.3 Å². The van der Waals surface area contributed by atoms with Crippen LogP contribution in [0, 0.1) is 13.8 Å². The Labute approximate surface area is 189 Å². The van der Waals surface area contributed by atoms with Crippen LogP contribution in [0.5, 0.6) is 0 Å². The third-order valence-corrected chi connectivity index (χ3v) is 5.48. The number of nitrogens with one attached hydrogen (secondary N) is 3. The summed E-state index contributed by atoms with van der Waals surface area (Å²) in [7, 11) is 3.76. The van der Waals surface area contributed by atoms with Gasteiger partial charge in [0.05, 0.1) is 11.6 Å². The second-order valence-electron chi connectivity index (χ2n) is 8.06. The largest absolute Gasteiger partial charge is 0.377 e. The summed E-state index contributed by atoms with van der Waals surface area (Å²) in [6, 6.07) is 20.4. The zero-order valence-corrected chi connectivity index (χ0v) is 19.2. The number of nitrogens with zero attached hydrogens (tertiary/aromatic N) is 1. The first kappa shape index (κ1) is 22.9. The number of benzene rings is 3. The van der Waals surface area contributed by atoms with Gasteiger partial charge in [0.15, 0.2) is 0 Å². The molecule has 3 aromatic rings. The summed E-state index contributed by atoms with van der Waals surface area (Å²) in [5.74, 6) is -0.205. The van der Waals surface area contributed by atoms with Crippen molar-refractivity contribution in [1.82, 2.24) is 5.32 Å².